The van der Waals surface area contributed by atoms with Crippen LogP contribution in [0.3, 0.4) is 0 Å². The van der Waals surface area contributed by atoms with Crippen molar-refractivity contribution in [3.8, 4) is 5.75 Å². The van der Waals surface area contributed by atoms with E-state index < -0.39 is 0 Å². The average molecular weight is 227 g/mol. The lowest BCUT2D eigenvalue weighted by molar-refractivity contribution is 0.385. The van der Waals surface area contributed by atoms with Crippen LogP contribution in [0.15, 0.2) is 24.3 Å². The molecule has 1 nitrogen and oxygen atoms in total. The Balaban J connectivity index is 2.72. The van der Waals surface area contributed by atoms with Crippen LogP contribution in [-0.2, 0) is 6.42 Å². The molecule has 0 amide bonds. The van der Waals surface area contributed by atoms with E-state index in [0.717, 1.165) is 12.2 Å². The van der Waals surface area contributed by atoms with Crippen LogP contribution in [0, 0.1) is 5.41 Å². The minimum Gasteiger partial charge on any atom is -0.497 e. The zero-order valence-corrected chi connectivity index (χ0v) is 10.6. The largest absolute Gasteiger partial charge is 0.497 e. The summed E-state index contributed by atoms with van der Waals surface area (Å²) in [6.07, 6.45) is 0.877. The Bertz CT molecular complexity index is 315. The molecular formula is C13H19ClO. The number of ether oxygens (including phenoxy) is 1. The van der Waals surface area contributed by atoms with Gasteiger partial charge in [-0.25, -0.2) is 0 Å². The van der Waals surface area contributed by atoms with Gasteiger partial charge in [0.1, 0.15) is 5.75 Å². The van der Waals surface area contributed by atoms with E-state index in [1.807, 2.05) is 18.2 Å². The van der Waals surface area contributed by atoms with Gasteiger partial charge in [-0.15, -0.1) is 11.6 Å². The van der Waals surface area contributed by atoms with E-state index in [2.05, 4.69) is 26.8 Å². The molecule has 0 aromatic heterocycles. The van der Waals surface area contributed by atoms with Crippen molar-refractivity contribution in [3.05, 3.63) is 29.8 Å². The second-order valence-corrected chi connectivity index (χ2v) is 5.42. The van der Waals surface area contributed by atoms with E-state index in [1.54, 1.807) is 7.11 Å². The number of benzene rings is 1. The molecule has 1 aromatic carbocycles. The van der Waals surface area contributed by atoms with Crippen LogP contribution in [0.1, 0.15) is 26.3 Å². The number of rotatable bonds is 3. The predicted octanol–water partition coefficient (Wildman–Crippen LogP) is 3.89. The maximum Gasteiger partial charge on any atom is 0.119 e. The molecule has 15 heavy (non-hydrogen) atoms. The molecular weight excluding hydrogens is 208 g/mol. The Kier molecular flexibility index (Phi) is 4.04. The molecule has 0 aliphatic carbocycles. The molecule has 2 heteroatoms. The minimum atomic E-state index is 0.130. The number of hydrogen-bond acceptors (Lipinski definition) is 1. The van der Waals surface area contributed by atoms with Gasteiger partial charge in [-0.3, -0.25) is 0 Å². The van der Waals surface area contributed by atoms with Crippen molar-refractivity contribution >= 4 is 11.6 Å². The fourth-order valence-electron chi connectivity index (χ4n) is 1.31. The second-order valence-electron chi connectivity index (χ2n) is 4.89. The lowest BCUT2D eigenvalue weighted by Crippen LogP contribution is -2.22. The third-order valence-electron chi connectivity index (χ3n) is 2.49. The maximum absolute atomic E-state index is 6.35. The predicted molar refractivity (Wildman–Crippen MR) is 65.8 cm³/mol. The molecule has 1 aromatic rings. The number of methoxy groups -OCH3 is 1. The van der Waals surface area contributed by atoms with Gasteiger partial charge in [0.2, 0.25) is 0 Å². The lowest BCUT2D eigenvalue weighted by atomic mass is 9.88. The number of halogens is 1. The molecule has 1 rings (SSSR count). The van der Waals surface area contributed by atoms with E-state index in [1.165, 1.54) is 5.56 Å². The van der Waals surface area contributed by atoms with E-state index >= 15 is 0 Å². The molecule has 0 saturated heterocycles. The molecule has 0 bridgehead atoms. The Labute approximate surface area is 97.4 Å². The molecule has 0 spiro atoms. The van der Waals surface area contributed by atoms with Crippen molar-refractivity contribution in [1.82, 2.24) is 0 Å². The maximum atomic E-state index is 6.35. The van der Waals surface area contributed by atoms with E-state index in [-0.39, 0.29) is 10.8 Å². The standard InChI is InChI=1S/C13H19ClO/c1-13(2,3)12(14)9-10-6-5-7-11(8-10)15-4/h5-8,12H,9H2,1-4H3. The fraction of sp³-hybridized carbons (Fsp3) is 0.538. The summed E-state index contributed by atoms with van der Waals surface area (Å²) in [5.41, 5.74) is 1.36. The summed E-state index contributed by atoms with van der Waals surface area (Å²) < 4.78 is 5.18. The fourth-order valence-corrected chi connectivity index (χ4v) is 1.49. The molecule has 0 saturated carbocycles. The third-order valence-corrected chi connectivity index (χ3v) is 3.30. The zero-order chi connectivity index (χ0) is 11.5. The summed E-state index contributed by atoms with van der Waals surface area (Å²) in [6.45, 7) is 6.47. The van der Waals surface area contributed by atoms with Gasteiger partial charge in [-0.1, -0.05) is 32.9 Å². The molecule has 0 aliphatic heterocycles. The summed E-state index contributed by atoms with van der Waals surface area (Å²) in [5.74, 6) is 0.894. The number of alkyl halides is 1. The molecule has 1 unspecified atom stereocenters. The van der Waals surface area contributed by atoms with Crippen LogP contribution in [0.25, 0.3) is 0 Å². The first-order chi connectivity index (χ1) is 6.93. The van der Waals surface area contributed by atoms with Crippen molar-refractivity contribution < 1.29 is 4.74 Å². The van der Waals surface area contributed by atoms with Gasteiger partial charge in [0, 0.05) is 5.38 Å². The highest BCUT2D eigenvalue weighted by atomic mass is 35.5. The highest BCUT2D eigenvalue weighted by Crippen LogP contribution is 2.28. The van der Waals surface area contributed by atoms with Crippen LogP contribution in [0.5, 0.6) is 5.75 Å². The van der Waals surface area contributed by atoms with Crippen molar-refractivity contribution in [2.45, 2.75) is 32.6 Å². The topological polar surface area (TPSA) is 9.23 Å². The van der Waals surface area contributed by atoms with Gasteiger partial charge < -0.3 is 4.74 Å². The highest BCUT2D eigenvalue weighted by molar-refractivity contribution is 6.21. The van der Waals surface area contributed by atoms with Gasteiger partial charge in [0.25, 0.3) is 0 Å². The average Bonchev–Trinajstić information content (AvgIpc) is 2.16. The van der Waals surface area contributed by atoms with Crippen molar-refractivity contribution in [1.29, 1.82) is 0 Å². The molecule has 0 N–H and O–H groups in total. The van der Waals surface area contributed by atoms with Gasteiger partial charge in [0.15, 0.2) is 0 Å². The molecule has 0 radical (unpaired) electrons. The first kappa shape index (κ1) is 12.4. The van der Waals surface area contributed by atoms with Crippen LogP contribution >= 0.6 is 11.6 Å². The van der Waals surface area contributed by atoms with E-state index in [0.29, 0.717) is 0 Å². The minimum absolute atomic E-state index is 0.130. The van der Waals surface area contributed by atoms with Crippen LogP contribution in [0.2, 0.25) is 0 Å². The van der Waals surface area contributed by atoms with Crippen LogP contribution in [0.4, 0.5) is 0 Å². The Morgan fingerprint density at radius 2 is 2.00 bits per heavy atom. The second kappa shape index (κ2) is 4.89. The Hall–Kier alpha value is -0.690. The van der Waals surface area contributed by atoms with Gasteiger partial charge in [-0.05, 0) is 29.5 Å². The smallest absolute Gasteiger partial charge is 0.119 e. The first-order valence-electron chi connectivity index (χ1n) is 5.20. The summed E-state index contributed by atoms with van der Waals surface area (Å²) in [7, 11) is 1.68. The quantitative estimate of drug-likeness (QED) is 0.711. The van der Waals surface area contributed by atoms with Crippen molar-refractivity contribution in [2.75, 3.05) is 7.11 Å². The molecule has 84 valence electrons. The molecule has 0 fully saturated rings. The third kappa shape index (κ3) is 3.75. The van der Waals surface area contributed by atoms with Gasteiger partial charge in [-0.2, -0.15) is 0 Å². The van der Waals surface area contributed by atoms with Gasteiger partial charge in [0.05, 0.1) is 7.11 Å². The number of hydrogen-bond donors (Lipinski definition) is 0. The van der Waals surface area contributed by atoms with Gasteiger partial charge >= 0.3 is 0 Å². The van der Waals surface area contributed by atoms with Crippen molar-refractivity contribution in [2.24, 2.45) is 5.41 Å². The summed E-state index contributed by atoms with van der Waals surface area (Å²) in [4.78, 5) is 0. The van der Waals surface area contributed by atoms with Crippen LogP contribution in [-0.4, -0.2) is 12.5 Å². The summed E-state index contributed by atoms with van der Waals surface area (Å²) >= 11 is 6.35. The molecule has 0 heterocycles. The van der Waals surface area contributed by atoms with E-state index in [4.69, 9.17) is 16.3 Å². The first-order valence-corrected chi connectivity index (χ1v) is 5.64. The zero-order valence-electron chi connectivity index (χ0n) is 9.88. The van der Waals surface area contributed by atoms with Crippen LogP contribution < -0.4 is 4.74 Å². The van der Waals surface area contributed by atoms with E-state index in [9.17, 15) is 0 Å². The normalized spacial score (nSPS) is 13.7. The molecule has 0 aliphatic rings. The Morgan fingerprint density at radius 1 is 1.33 bits per heavy atom. The summed E-state index contributed by atoms with van der Waals surface area (Å²) in [5, 5.41) is 0.143. The SMILES string of the molecule is COc1cccc(CC(Cl)C(C)(C)C)c1. The summed E-state index contributed by atoms with van der Waals surface area (Å²) in [6, 6.07) is 8.08. The monoisotopic (exact) mass is 226 g/mol. The molecule has 1 atom stereocenters. The highest BCUT2D eigenvalue weighted by Gasteiger charge is 2.22. The Morgan fingerprint density at radius 3 is 2.53 bits per heavy atom. The van der Waals surface area contributed by atoms with Crippen molar-refractivity contribution in [3.63, 3.8) is 0 Å². The lowest BCUT2D eigenvalue weighted by Gasteiger charge is -2.25.